The van der Waals surface area contributed by atoms with Crippen LogP contribution in [0.15, 0.2) is 47.4 Å². The van der Waals surface area contributed by atoms with Crippen LogP contribution in [0.2, 0.25) is 5.02 Å². The van der Waals surface area contributed by atoms with Gasteiger partial charge in [0.25, 0.3) is 15.9 Å². The number of sulfonamides is 1. The number of carbonyl (C=O) groups excluding carboxylic acids is 1. The predicted molar refractivity (Wildman–Crippen MR) is 94.0 cm³/mol. The van der Waals surface area contributed by atoms with Gasteiger partial charge in [-0.25, -0.2) is 14.3 Å². The Bertz CT molecular complexity index is 917. The van der Waals surface area contributed by atoms with E-state index in [2.05, 4.69) is 0 Å². The smallest absolute Gasteiger partial charge is 0.271 e. The van der Waals surface area contributed by atoms with E-state index in [1.165, 1.54) is 22.5 Å². The monoisotopic (exact) mass is 381 g/mol. The molecule has 1 amide bonds. The van der Waals surface area contributed by atoms with E-state index in [-0.39, 0.29) is 22.3 Å². The number of amides is 1. The van der Waals surface area contributed by atoms with Gasteiger partial charge in [0, 0.05) is 6.54 Å². The van der Waals surface area contributed by atoms with Crippen LogP contribution in [0.4, 0.5) is 5.69 Å². The molecule has 7 nitrogen and oxygen atoms in total. The van der Waals surface area contributed by atoms with Crippen molar-refractivity contribution < 1.29 is 17.9 Å². The van der Waals surface area contributed by atoms with Crippen LogP contribution in [0.5, 0.6) is 5.75 Å². The summed E-state index contributed by atoms with van der Waals surface area (Å²) in [6, 6.07) is 11.5. The quantitative estimate of drug-likeness (QED) is 0.464. The number of carbonyl (C=O) groups is 1. The van der Waals surface area contributed by atoms with Gasteiger partial charge in [0.15, 0.2) is 6.61 Å². The lowest BCUT2D eigenvalue weighted by atomic mass is 10.2. The minimum absolute atomic E-state index is 0.0600. The molecule has 0 radical (unpaired) electrons. The minimum atomic E-state index is -3.73. The number of anilines is 1. The highest BCUT2D eigenvalue weighted by Gasteiger charge is 2.31. The van der Waals surface area contributed by atoms with Gasteiger partial charge in [0.2, 0.25) is 0 Å². The lowest BCUT2D eigenvalue weighted by molar-refractivity contribution is -0.123. The van der Waals surface area contributed by atoms with E-state index in [4.69, 9.17) is 22.2 Å². The zero-order valence-electron chi connectivity index (χ0n) is 13.1. The number of rotatable bonds is 5. The first-order valence-corrected chi connectivity index (χ1v) is 9.27. The molecule has 132 valence electrons. The van der Waals surface area contributed by atoms with E-state index >= 15 is 0 Å². The molecule has 0 bridgehead atoms. The Hall–Kier alpha value is -2.29. The fraction of sp³-hybridized carbons (Fsp3) is 0.188. The lowest BCUT2D eigenvalue weighted by Crippen LogP contribution is -2.34. The Morgan fingerprint density at radius 1 is 1.28 bits per heavy atom. The van der Waals surface area contributed by atoms with E-state index in [0.29, 0.717) is 18.7 Å². The Kier molecular flexibility index (Phi) is 4.85. The van der Waals surface area contributed by atoms with Crippen molar-refractivity contribution in [2.24, 2.45) is 5.84 Å². The molecule has 1 aliphatic rings. The maximum Gasteiger partial charge on any atom is 0.271 e. The Morgan fingerprint density at radius 3 is 2.76 bits per heavy atom. The van der Waals surface area contributed by atoms with Crippen molar-refractivity contribution >= 4 is 33.2 Å². The number of fused-ring (bicyclic) bond motifs is 1. The van der Waals surface area contributed by atoms with E-state index in [0.717, 1.165) is 5.56 Å². The topological polar surface area (TPSA) is 102 Å². The van der Waals surface area contributed by atoms with Crippen LogP contribution in [0, 0.1) is 0 Å². The first-order chi connectivity index (χ1) is 11.9. The first-order valence-electron chi connectivity index (χ1n) is 7.46. The highest BCUT2D eigenvalue weighted by atomic mass is 35.5. The SMILES string of the molecule is NNC(=O)COc1ccc(S(=O)(=O)N2CCc3ccccc32)cc1Cl. The van der Waals surface area contributed by atoms with Gasteiger partial charge in [-0.05, 0) is 36.2 Å². The summed E-state index contributed by atoms with van der Waals surface area (Å²) in [6.07, 6.45) is 0.665. The number of nitrogens with two attached hydrogens (primary N) is 1. The van der Waals surface area contributed by atoms with Gasteiger partial charge in [-0.2, -0.15) is 0 Å². The van der Waals surface area contributed by atoms with Crippen molar-refractivity contribution in [3.63, 3.8) is 0 Å². The largest absolute Gasteiger partial charge is 0.482 e. The number of halogens is 1. The molecular formula is C16H16ClN3O4S. The second kappa shape index (κ2) is 6.91. The summed E-state index contributed by atoms with van der Waals surface area (Å²) in [5, 5.41) is 0.0957. The van der Waals surface area contributed by atoms with Crippen LogP contribution in [0.1, 0.15) is 5.56 Å². The summed E-state index contributed by atoms with van der Waals surface area (Å²) in [4.78, 5) is 11.2. The van der Waals surface area contributed by atoms with Crippen LogP contribution in [0.3, 0.4) is 0 Å². The van der Waals surface area contributed by atoms with Crippen molar-refractivity contribution in [2.75, 3.05) is 17.5 Å². The molecule has 2 aromatic carbocycles. The van der Waals surface area contributed by atoms with Crippen LogP contribution in [-0.4, -0.2) is 27.5 Å². The molecule has 0 fully saturated rings. The molecule has 1 aliphatic heterocycles. The van der Waals surface area contributed by atoms with Crippen molar-refractivity contribution in [1.29, 1.82) is 0 Å². The third-order valence-electron chi connectivity index (χ3n) is 3.86. The normalized spacial score (nSPS) is 13.4. The van der Waals surface area contributed by atoms with Crippen LogP contribution >= 0.6 is 11.6 Å². The third-order valence-corrected chi connectivity index (χ3v) is 5.96. The zero-order chi connectivity index (χ0) is 18.0. The predicted octanol–water partition coefficient (Wildman–Crippen LogP) is 1.46. The van der Waals surface area contributed by atoms with Crippen molar-refractivity contribution in [1.82, 2.24) is 5.43 Å². The second-order valence-corrected chi connectivity index (χ2v) is 7.67. The summed E-state index contributed by atoms with van der Waals surface area (Å²) in [5.74, 6) is 4.64. The third kappa shape index (κ3) is 3.41. The summed E-state index contributed by atoms with van der Waals surface area (Å²) >= 11 is 6.10. The molecule has 0 atom stereocenters. The zero-order valence-corrected chi connectivity index (χ0v) is 14.7. The Labute approximate surface area is 150 Å². The molecule has 0 aliphatic carbocycles. The number of nitrogens with one attached hydrogen (secondary N) is 1. The van der Waals surface area contributed by atoms with Crippen LogP contribution < -0.4 is 20.3 Å². The number of hydrogen-bond donors (Lipinski definition) is 2. The fourth-order valence-corrected chi connectivity index (χ4v) is 4.46. The molecule has 1 heterocycles. The van der Waals surface area contributed by atoms with Gasteiger partial charge in [0.05, 0.1) is 15.6 Å². The maximum atomic E-state index is 12.9. The summed E-state index contributed by atoms with van der Waals surface area (Å²) < 4.78 is 32.4. The average Bonchev–Trinajstić information content (AvgIpc) is 3.05. The summed E-state index contributed by atoms with van der Waals surface area (Å²) in [5.41, 5.74) is 3.60. The van der Waals surface area contributed by atoms with Crippen molar-refractivity contribution in [2.45, 2.75) is 11.3 Å². The molecule has 25 heavy (non-hydrogen) atoms. The molecular weight excluding hydrogens is 366 g/mol. The Morgan fingerprint density at radius 2 is 2.04 bits per heavy atom. The van der Waals surface area contributed by atoms with E-state index in [1.54, 1.807) is 12.1 Å². The molecule has 0 spiro atoms. The highest BCUT2D eigenvalue weighted by molar-refractivity contribution is 7.92. The van der Waals surface area contributed by atoms with Gasteiger partial charge in [-0.1, -0.05) is 29.8 Å². The van der Waals surface area contributed by atoms with Gasteiger partial charge in [0.1, 0.15) is 5.75 Å². The molecule has 0 aromatic heterocycles. The minimum Gasteiger partial charge on any atom is -0.482 e. The molecule has 0 saturated carbocycles. The summed E-state index contributed by atoms with van der Waals surface area (Å²) in [7, 11) is -3.73. The first kappa shape index (κ1) is 17.5. The lowest BCUT2D eigenvalue weighted by Gasteiger charge is -2.20. The molecule has 3 N–H and O–H groups in total. The molecule has 0 unspecified atom stereocenters. The maximum absolute atomic E-state index is 12.9. The van der Waals surface area contributed by atoms with Crippen molar-refractivity contribution in [3.8, 4) is 5.75 Å². The van der Waals surface area contributed by atoms with Crippen molar-refractivity contribution in [3.05, 3.63) is 53.1 Å². The fourth-order valence-electron chi connectivity index (χ4n) is 2.63. The van der Waals surface area contributed by atoms with Gasteiger partial charge in [-0.3, -0.25) is 14.5 Å². The molecule has 2 aromatic rings. The number of hydrazine groups is 1. The summed E-state index contributed by atoms with van der Waals surface area (Å²) in [6.45, 7) is 0.0655. The second-order valence-electron chi connectivity index (χ2n) is 5.40. The number of ether oxygens (including phenoxy) is 1. The average molecular weight is 382 g/mol. The highest BCUT2D eigenvalue weighted by Crippen LogP contribution is 2.34. The number of nitrogens with zero attached hydrogens (tertiary/aromatic N) is 1. The van der Waals surface area contributed by atoms with Gasteiger partial charge in [-0.15, -0.1) is 0 Å². The van der Waals surface area contributed by atoms with E-state index in [9.17, 15) is 13.2 Å². The Balaban J connectivity index is 1.86. The van der Waals surface area contributed by atoms with Crippen LogP contribution in [-0.2, 0) is 21.2 Å². The van der Waals surface area contributed by atoms with E-state index < -0.39 is 15.9 Å². The van der Waals surface area contributed by atoms with Gasteiger partial charge < -0.3 is 4.74 Å². The van der Waals surface area contributed by atoms with E-state index in [1.807, 2.05) is 17.6 Å². The molecule has 3 rings (SSSR count). The van der Waals surface area contributed by atoms with Gasteiger partial charge >= 0.3 is 0 Å². The standard InChI is InChI=1S/C16H16ClN3O4S/c17-13-9-12(5-6-15(13)24-10-16(21)19-18)25(22,23)20-8-7-11-3-1-2-4-14(11)20/h1-6,9H,7-8,10,18H2,(H,19,21). The molecule has 0 saturated heterocycles. The number of benzene rings is 2. The number of para-hydroxylation sites is 1. The molecule has 9 heteroatoms. The number of hydrogen-bond acceptors (Lipinski definition) is 5. The van der Waals surface area contributed by atoms with Crippen LogP contribution in [0.25, 0.3) is 0 Å².